The van der Waals surface area contributed by atoms with E-state index in [0.29, 0.717) is 18.9 Å². The first-order chi connectivity index (χ1) is 13.0. The molecule has 1 heterocycles. The van der Waals surface area contributed by atoms with Crippen LogP contribution in [0, 0.1) is 11.6 Å². The highest BCUT2D eigenvalue weighted by Gasteiger charge is 2.19. The van der Waals surface area contributed by atoms with Crippen LogP contribution in [0.2, 0.25) is 0 Å². The second kappa shape index (κ2) is 8.80. The first-order valence-electron chi connectivity index (χ1n) is 9.24. The molecule has 0 spiro atoms. The van der Waals surface area contributed by atoms with Gasteiger partial charge in [-0.25, -0.2) is 21.9 Å². The van der Waals surface area contributed by atoms with Crippen LogP contribution in [0.5, 0.6) is 0 Å². The number of hydrogen-bond donors (Lipinski definition) is 1. The van der Waals surface area contributed by atoms with Crippen LogP contribution in [0.3, 0.4) is 0 Å². The number of anilines is 1. The molecular formula is C20H24F2N2O2S. The summed E-state index contributed by atoms with van der Waals surface area (Å²) < 4.78 is 53.4. The quantitative estimate of drug-likeness (QED) is 0.726. The fraction of sp³-hybridized carbons (Fsp3) is 0.400. The molecule has 0 bridgehead atoms. The number of hydrogen-bond acceptors (Lipinski definition) is 3. The molecule has 0 atom stereocenters. The molecule has 1 fully saturated rings. The van der Waals surface area contributed by atoms with Gasteiger partial charge in [-0.05, 0) is 68.0 Å². The molecule has 0 amide bonds. The fourth-order valence-electron chi connectivity index (χ4n) is 3.29. The van der Waals surface area contributed by atoms with Crippen molar-refractivity contribution < 1.29 is 17.2 Å². The molecule has 27 heavy (non-hydrogen) atoms. The molecule has 0 radical (unpaired) electrons. The number of halogens is 2. The van der Waals surface area contributed by atoms with E-state index in [1.54, 1.807) is 0 Å². The first-order valence-corrected chi connectivity index (χ1v) is 10.7. The van der Waals surface area contributed by atoms with Crippen LogP contribution >= 0.6 is 0 Å². The van der Waals surface area contributed by atoms with Crippen molar-refractivity contribution in [2.75, 3.05) is 24.5 Å². The maximum Gasteiger partial charge on any atom is 0.243 e. The summed E-state index contributed by atoms with van der Waals surface area (Å²) in [5, 5.41) is 0. The Labute approximate surface area is 159 Å². The van der Waals surface area contributed by atoms with E-state index in [-0.39, 0.29) is 6.54 Å². The normalized spacial score (nSPS) is 15.1. The van der Waals surface area contributed by atoms with Crippen molar-refractivity contribution in [2.45, 2.75) is 37.0 Å². The third-order valence-electron chi connectivity index (χ3n) is 4.77. The molecule has 2 aromatic carbocycles. The van der Waals surface area contributed by atoms with Crippen molar-refractivity contribution in [3.63, 3.8) is 0 Å². The zero-order valence-electron chi connectivity index (χ0n) is 15.1. The van der Waals surface area contributed by atoms with E-state index in [0.717, 1.165) is 30.8 Å². The predicted molar refractivity (Wildman–Crippen MR) is 102 cm³/mol. The maximum atomic E-state index is 13.6. The lowest BCUT2D eigenvalue weighted by molar-refractivity contribution is 0.544. The Morgan fingerprint density at radius 2 is 1.67 bits per heavy atom. The molecule has 1 aliphatic rings. The Kier molecular flexibility index (Phi) is 6.44. The summed E-state index contributed by atoms with van der Waals surface area (Å²) in [5.74, 6) is -1.75. The Hall–Kier alpha value is -1.99. The van der Waals surface area contributed by atoms with Crippen molar-refractivity contribution in [1.29, 1.82) is 0 Å². The molecule has 1 N–H and O–H groups in total. The van der Waals surface area contributed by atoms with Crippen LogP contribution in [0.25, 0.3) is 0 Å². The summed E-state index contributed by atoms with van der Waals surface area (Å²) in [7, 11) is -4.06. The van der Waals surface area contributed by atoms with Crippen LogP contribution in [0.4, 0.5) is 14.5 Å². The monoisotopic (exact) mass is 394 g/mol. The number of aryl methyl sites for hydroxylation is 1. The van der Waals surface area contributed by atoms with Gasteiger partial charge in [0.1, 0.15) is 16.5 Å². The number of nitrogens with zero attached hydrogens (tertiary/aromatic N) is 1. The number of rotatable bonds is 7. The highest BCUT2D eigenvalue weighted by Crippen LogP contribution is 2.21. The average molecular weight is 394 g/mol. The molecule has 1 aliphatic heterocycles. The molecular weight excluding hydrogens is 370 g/mol. The fourth-order valence-corrected chi connectivity index (χ4v) is 4.45. The van der Waals surface area contributed by atoms with Crippen molar-refractivity contribution in [2.24, 2.45) is 0 Å². The third kappa shape index (κ3) is 5.26. The van der Waals surface area contributed by atoms with Gasteiger partial charge in [0.15, 0.2) is 0 Å². The van der Waals surface area contributed by atoms with Gasteiger partial charge in [0.25, 0.3) is 0 Å². The number of sulfonamides is 1. The van der Waals surface area contributed by atoms with Crippen LogP contribution in [-0.2, 0) is 16.4 Å². The highest BCUT2D eigenvalue weighted by atomic mass is 32.2. The zero-order valence-corrected chi connectivity index (χ0v) is 15.9. The van der Waals surface area contributed by atoms with Crippen molar-refractivity contribution in [1.82, 2.24) is 4.72 Å². The van der Waals surface area contributed by atoms with Gasteiger partial charge in [-0.15, -0.1) is 0 Å². The molecule has 0 saturated carbocycles. The largest absolute Gasteiger partial charge is 0.372 e. The van der Waals surface area contributed by atoms with Crippen LogP contribution < -0.4 is 9.62 Å². The minimum absolute atomic E-state index is 0.159. The summed E-state index contributed by atoms with van der Waals surface area (Å²) in [5.41, 5.74) is 2.34. The van der Waals surface area contributed by atoms with E-state index in [2.05, 4.69) is 33.9 Å². The number of nitrogens with one attached hydrogen (secondary N) is 1. The van der Waals surface area contributed by atoms with Gasteiger partial charge >= 0.3 is 0 Å². The molecule has 3 rings (SSSR count). The minimum atomic E-state index is -4.06. The SMILES string of the molecule is O=S(=O)(NCCCc1ccc(N2CCCCC2)cc1)c1cc(F)ccc1F. The van der Waals surface area contributed by atoms with Crippen LogP contribution in [-0.4, -0.2) is 28.1 Å². The molecule has 0 unspecified atom stereocenters. The summed E-state index contributed by atoms with van der Waals surface area (Å²) >= 11 is 0. The van der Waals surface area contributed by atoms with E-state index in [1.807, 2.05) is 0 Å². The van der Waals surface area contributed by atoms with E-state index < -0.39 is 26.6 Å². The summed E-state index contributed by atoms with van der Waals surface area (Å²) in [4.78, 5) is 1.72. The van der Waals surface area contributed by atoms with Gasteiger partial charge in [0, 0.05) is 25.3 Å². The Morgan fingerprint density at radius 1 is 0.963 bits per heavy atom. The summed E-state index contributed by atoms with van der Waals surface area (Å²) in [6.07, 6.45) is 5.03. The van der Waals surface area contributed by atoms with E-state index in [1.165, 1.54) is 24.9 Å². The topological polar surface area (TPSA) is 49.4 Å². The van der Waals surface area contributed by atoms with Crippen molar-refractivity contribution in [3.8, 4) is 0 Å². The third-order valence-corrected chi connectivity index (χ3v) is 6.25. The summed E-state index contributed by atoms with van der Waals surface area (Å²) in [6, 6.07) is 10.7. The van der Waals surface area contributed by atoms with Gasteiger partial charge in [-0.3, -0.25) is 0 Å². The van der Waals surface area contributed by atoms with Crippen molar-refractivity contribution in [3.05, 3.63) is 59.7 Å². The second-order valence-corrected chi connectivity index (χ2v) is 8.53. The van der Waals surface area contributed by atoms with Gasteiger partial charge in [-0.1, -0.05) is 12.1 Å². The lowest BCUT2D eigenvalue weighted by atomic mass is 10.1. The Bertz CT molecular complexity index is 864. The van der Waals surface area contributed by atoms with E-state index in [4.69, 9.17) is 0 Å². The van der Waals surface area contributed by atoms with E-state index in [9.17, 15) is 17.2 Å². The standard InChI is InChI=1S/C20H24F2N2O2S/c21-17-8-11-19(22)20(15-17)27(25,26)23-12-4-5-16-6-9-18(10-7-16)24-13-2-1-3-14-24/h6-11,15,23H,1-5,12-14H2. The molecule has 146 valence electrons. The van der Waals surface area contributed by atoms with Crippen LogP contribution in [0.1, 0.15) is 31.2 Å². The molecule has 2 aromatic rings. The second-order valence-electron chi connectivity index (χ2n) is 6.79. The van der Waals surface area contributed by atoms with Gasteiger partial charge in [-0.2, -0.15) is 0 Å². The number of piperidine rings is 1. The average Bonchev–Trinajstić information content (AvgIpc) is 2.68. The van der Waals surface area contributed by atoms with E-state index >= 15 is 0 Å². The summed E-state index contributed by atoms with van der Waals surface area (Å²) in [6.45, 7) is 2.35. The highest BCUT2D eigenvalue weighted by molar-refractivity contribution is 7.89. The van der Waals surface area contributed by atoms with Crippen LogP contribution in [0.15, 0.2) is 47.4 Å². The molecule has 1 saturated heterocycles. The minimum Gasteiger partial charge on any atom is -0.372 e. The molecule has 0 aliphatic carbocycles. The number of benzene rings is 2. The molecule has 0 aromatic heterocycles. The Balaban J connectivity index is 1.50. The lowest BCUT2D eigenvalue weighted by Gasteiger charge is -2.28. The lowest BCUT2D eigenvalue weighted by Crippen LogP contribution is -2.29. The first kappa shape index (κ1) is 19.8. The smallest absolute Gasteiger partial charge is 0.243 e. The van der Waals surface area contributed by atoms with Gasteiger partial charge < -0.3 is 4.90 Å². The molecule has 4 nitrogen and oxygen atoms in total. The Morgan fingerprint density at radius 3 is 2.37 bits per heavy atom. The maximum absolute atomic E-state index is 13.6. The van der Waals surface area contributed by atoms with Crippen molar-refractivity contribution >= 4 is 15.7 Å². The predicted octanol–water partition coefficient (Wildman–Crippen LogP) is 3.87. The zero-order chi connectivity index (χ0) is 19.3. The molecule has 7 heteroatoms. The van der Waals surface area contributed by atoms with Gasteiger partial charge in [0.05, 0.1) is 0 Å². The van der Waals surface area contributed by atoms with Gasteiger partial charge in [0.2, 0.25) is 10.0 Å².